The molecule has 0 unspecified atom stereocenters. The monoisotopic (exact) mass is 296 g/mol. The molecule has 0 aliphatic heterocycles. The number of sulfonamides is 1. The van der Waals surface area contributed by atoms with Gasteiger partial charge in [0.2, 0.25) is 10.0 Å². The molecular weight excluding hydrogens is 285 g/mol. The van der Waals surface area contributed by atoms with E-state index in [1.807, 2.05) is 0 Å². The molecule has 0 aromatic heterocycles. The summed E-state index contributed by atoms with van der Waals surface area (Å²) in [6.07, 6.45) is -4.57. The Morgan fingerprint density at radius 2 is 1.84 bits per heavy atom. The van der Waals surface area contributed by atoms with Crippen LogP contribution in [-0.2, 0) is 10.0 Å². The van der Waals surface area contributed by atoms with Gasteiger partial charge in [0.25, 0.3) is 5.91 Å². The molecule has 19 heavy (non-hydrogen) atoms. The van der Waals surface area contributed by atoms with Gasteiger partial charge in [-0.15, -0.1) is 0 Å². The summed E-state index contributed by atoms with van der Waals surface area (Å²) < 4.78 is 59.0. The molecule has 0 radical (unpaired) electrons. The lowest BCUT2D eigenvalue weighted by atomic mass is 10.2. The van der Waals surface area contributed by atoms with Gasteiger partial charge in [-0.1, -0.05) is 12.1 Å². The minimum absolute atomic E-state index is 0.379. The first kappa shape index (κ1) is 15.4. The minimum Gasteiger partial charge on any atom is -0.333 e. The molecule has 0 saturated heterocycles. The van der Waals surface area contributed by atoms with E-state index in [0.29, 0.717) is 4.90 Å². The van der Waals surface area contributed by atoms with Crippen LogP contribution >= 0.6 is 0 Å². The molecule has 0 saturated carbocycles. The fraction of sp³-hybridized carbons (Fsp3) is 0.300. The van der Waals surface area contributed by atoms with Crippen LogP contribution in [-0.4, -0.2) is 39.0 Å². The van der Waals surface area contributed by atoms with Crippen LogP contribution in [0.5, 0.6) is 0 Å². The van der Waals surface area contributed by atoms with Crippen molar-refractivity contribution in [2.45, 2.75) is 11.1 Å². The van der Waals surface area contributed by atoms with E-state index in [1.165, 1.54) is 12.1 Å². The molecule has 0 spiro atoms. The first-order valence-electron chi connectivity index (χ1n) is 4.96. The van der Waals surface area contributed by atoms with Crippen LogP contribution in [0.1, 0.15) is 10.4 Å². The number of nitrogens with two attached hydrogens (primary N) is 1. The third-order valence-electron chi connectivity index (χ3n) is 2.19. The molecule has 1 aromatic rings. The Bertz CT molecular complexity index is 584. The van der Waals surface area contributed by atoms with Gasteiger partial charge >= 0.3 is 6.18 Å². The molecule has 2 N–H and O–H groups in total. The molecule has 0 bridgehead atoms. The van der Waals surface area contributed by atoms with Crippen molar-refractivity contribution in [2.75, 3.05) is 13.6 Å². The van der Waals surface area contributed by atoms with Crippen LogP contribution in [0.25, 0.3) is 0 Å². The second-order valence-corrected chi connectivity index (χ2v) is 5.35. The lowest BCUT2D eigenvalue weighted by molar-refractivity contribution is -0.138. The second-order valence-electron chi connectivity index (χ2n) is 3.82. The van der Waals surface area contributed by atoms with Crippen molar-refractivity contribution in [3.63, 3.8) is 0 Å². The van der Waals surface area contributed by atoms with Gasteiger partial charge in [-0.3, -0.25) is 4.79 Å². The average molecular weight is 296 g/mol. The third kappa shape index (κ3) is 4.21. The number of benzene rings is 1. The Balaban J connectivity index is 3.14. The lowest BCUT2D eigenvalue weighted by Gasteiger charge is -2.19. The van der Waals surface area contributed by atoms with E-state index in [9.17, 15) is 26.4 Å². The molecule has 1 aromatic carbocycles. The van der Waals surface area contributed by atoms with E-state index >= 15 is 0 Å². The predicted molar refractivity (Wildman–Crippen MR) is 60.8 cm³/mol. The van der Waals surface area contributed by atoms with Crippen molar-refractivity contribution in [3.8, 4) is 0 Å². The Morgan fingerprint density at radius 1 is 1.32 bits per heavy atom. The number of amides is 1. The molecule has 0 aliphatic rings. The number of carbonyl (C=O) groups excluding carboxylic acids is 1. The number of hydrogen-bond acceptors (Lipinski definition) is 3. The van der Waals surface area contributed by atoms with Crippen molar-refractivity contribution < 1.29 is 26.4 Å². The fourth-order valence-electron chi connectivity index (χ4n) is 1.44. The molecule has 1 rings (SSSR count). The SMILES string of the molecule is CN(CC(F)(F)F)C(=O)c1ccccc1S(N)(=O)=O. The topological polar surface area (TPSA) is 80.5 Å². The summed E-state index contributed by atoms with van der Waals surface area (Å²) in [7, 11) is -3.26. The Kier molecular flexibility index (Phi) is 4.21. The summed E-state index contributed by atoms with van der Waals surface area (Å²) in [4.78, 5) is 11.7. The molecule has 0 heterocycles. The fourth-order valence-corrected chi connectivity index (χ4v) is 2.17. The highest BCUT2D eigenvalue weighted by Crippen LogP contribution is 2.19. The quantitative estimate of drug-likeness (QED) is 0.902. The van der Waals surface area contributed by atoms with E-state index in [0.717, 1.165) is 19.2 Å². The average Bonchev–Trinajstić information content (AvgIpc) is 2.24. The zero-order chi connectivity index (χ0) is 14.8. The van der Waals surface area contributed by atoms with Gasteiger partial charge in [-0.05, 0) is 12.1 Å². The van der Waals surface area contributed by atoms with Gasteiger partial charge in [-0.25, -0.2) is 13.6 Å². The van der Waals surface area contributed by atoms with Crippen LogP contribution < -0.4 is 5.14 Å². The summed E-state index contributed by atoms with van der Waals surface area (Å²) in [5.74, 6) is -1.07. The van der Waals surface area contributed by atoms with Crippen LogP contribution in [0.4, 0.5) is 13.2 Å². The van der Waals surface area contributed by atoms with E-state index in [4.69, 9.17) is 5.14 Å². The maximum atomic E-state index is 12.2. The summed E-state index contributed by atoms with van der Waals surface area (Å²) in [5, 5.41) is 4.90. The van der Waals surface area contributed by atoms with Gasteiger partial charge < -0.3 is 4.90 Å². The summed E-state index contributed by atoms with van der Waals surface area (Å²) in [6.45, 7) is -1.48. The van der Waals surface area contributed by atoms with E-state index < -0.39 is 39.1 Å². The summed E-state index contributed by atoms with van der Waals surface area (Å²) >= 11 is 0. The highest BCUT2D eigenvalue weighted by atomic mass is 32.2. The first-order chi connectivity index (χ1) is 8.52. The van der Waals surface area contributed by atoms with E-state index in [-0.39, 0.29) is 0 Å². The van der Waals surface area contributed by atoms with E-state index in [1.54, 1.807) is 0 Å². The Hall–Kier alpha value is -1.61. The molecule has 5 nitrogen and oxygen atoms in total. The molecule has 0 fully saturated rings. The van der Waals surface area contributed by atoms with Crippen LogP contribution in [0.15, 0.2) is 29.2 Å². The summed E-state index contributed by atoms with van der Waals surface area (Å²) in [5.41, 5.74) is -0.392. The predicted octanol–water partition coefficient (Wildman–Crippen LogP) is 0.968. The van der Waals surface area contributed by atoms with Crippen molar-refractivity contribution in [2.24, 2.45) is 5.14 Å². The Morgan fingerprint density at radius 3 is 2.32 bits per heavy atom. The number of halogens is 3. The molecule has 0 aliphatic carbocycles. The normalized spacial score (nSPS) is 12.3. The minimum atomic E-state index is -4.57. The molecule has 9 heteroatoms. The van der Waals surface area contributed by atoms with Gasteiger partial charge in [0, 0.05) is 7.05 Å². The number of primary sulfonamides is 1. The zero-order valence-corrected chi connectivity index (χ0v) is 10.6. The van der Waals surface area contributed by atoms with Crippen LogP contribution in [0.2, 0.25) is 0 Å². The van der Waals surface area contributed by atoms with Gasteiger partial charge in [0.05, 0.1) is 10.5 Å². The van der Waals surface area contributed by atoms with Crippen molar-refractivity contribution in [3.05, 3.63) is 29.8 Å². The second kappa shape index (κ2) is 5.17. The molecule has 0 atom stereocenters. The largest absolute Gasteiger partial charge is 0.406 e. The standard InChI is InChI=1S/C10H11F3N2O3S/c1-15(6-10(11,12)13)9(16)7-4-2-3-5-8(7)19(14,17)18/h2-5H,6H2,1H3,(H2,14,17,18). The number of rotatable bonds is 3. The number of hydrogen-bond donors (Lipinski definition) is 1. The number of carbonyl (C=O) groups is 1. The summed E-state index contributed by atoms with van der Waals surface area (Å²) in [6, 6.07) is 4.82. The van der Waals surface area contributed by atoms with Crippen molar-refractivity contribution >= 4 is 15.9 Å². The molecule has 1 amide bonds. The highest BCUT2D eigenvalue weighted by molar-refractivity contribution is 7.89. The van der Waals surface area contributed by atoms with Crippen molar-refractivity contribution in [1.29, 1.82) is 0 Å². The lowest BCUT2D eigenvalue weighted by Crippen LogP contribution is -2.36. The third-order valence-corrected chi connectivity index (χ3v) is 3.16. The maximum absolute atomic E-state index is 12.2. The van der Waals surface area contributed by atoms with E-state index in [2.05, 4.69) is 0 Å². The smallest absolute Gasteiger partial charge is 0.333 e. The first-order valence-corrected chi connectivity index (χ1v) is 6.51. The molecule has 106 valence electrons. The van der Waals surface area contributed by atoms with Gasteiger partial charge in [-0.2, -0.15) is 13.2 Å². The zero-order valence-electron chi connectivity index (χ0n) is 9.81. The van der Waals surface area contributed by atoms with Crippen molar-refractivity contribution in [1.82, 2.24) is 4.90 Å². The van der Waals surface area contributed by atoms with Crippen LogP contribution in [0.3, 0.4) is 0 Å². The van der Waals surface area contributed by atoms with Gasteiger partial charge in [0.1, 0.15) is 6.54 Å². The Labute approximate surface area is 107 Å². The molecular formula is C10H11F3N2O3S. The maximum Gasteiger partial charge on any atom is 0.406 e. The van der Waals surface area contributed by atoms with Crippen LogP contribution in [0, 0.1) is 0 Å². The highest BCUT2D eigenvalue weighted by Gasteiger charge is 2.32. The number of alkyl halides is 3. The number of nitrogens with zero attached hydrogens (tertiary/aromatic N) is 1. The van der Waals surface area contributed by atoms with Gasteiger partial charge in [0.15, 0.2) is 0 Å².